The van der Waals surface area contributed by atoms with E-state index < -0.39 is 4.92 Å². The van der Waals surface area contributed by atoms with Gasteiger partial charge >= 0.3 is 5.69 Å². The van der Waals surface area contributed by atoms with E-state index in [1.54, 1.807) is 6.92 Å². The SMILES string of the molecule is Cc1nc(CNc2nc(NN)ncc2[N+](=O)[O-])oc1C. The second-order valence-corrected chi connectivity index (χ2v) is 3.93. The van der Waals surface area contributed by atoms with Crippen LogP contribution in [0.25, 0.3) is 0 Å². The zero-order chi connectivity index (χ0) is 14.7. The maximum absolute atomic E-state index is 10.9. The van der Waals surface area contributed by atoms with Crippen molar-refractivity contribution in [2.45, 2.75) is 20.4 Å². The molecule has 0 aliphatic rings. The average molecular weight is 279 g/mol. The third-order valence-electron chi connectivity index (χ3n) is 2.58. The van der Waals surface area contributed by atoms with Gasteiger partial charge in [-0.3, -0.25) is 15.5 Å². The molecule has 10 nitrogen and oxygen atoms in total. The molecule has 20 heavy (non-hydrogen) atoms. The molecule has 2 heterocycles. The predicted molar refractivity (Wildman–Crippen MR) is 69.8 cm³/mol. The molecule has 0 bridgehead atoms. The van der Waals surface area contributed by atoms with Crippen LogP contribution in [0.3, 0.4) is 0 Å². The number of aryl methyl sites for hydroxylation is 2. The molecule has 0 aliphatic heterocycles. The Morgan fingerprint density at radius 2 is 2.20 bits per heavy atom. The third-order valence-corrected chi connectivity index (χ3v) is 2.58. The fourth-order valence-corrected chi connectivity index (χ4v) is 1.48. The second-order valence-electron chi connectivity index (χ2n) is 3.93. The average Bonchev–Trinajstić information content (AvgIpc) is 2.75. The lowest BCUT2D eigenvalue weighted by molar-refractivity contribution is -0.384. The summed E-state index contributed by atoms with van der Waals surface area (Å²) >= 11 is 0. The maximum atomic E-state index is 10.9. The van der Waals surface area contributed by atoms with Crippen LogP contribution in [0.4, 0.5) is 17.5 Å². The van der Waals surface area contributed by atoms with Crippen molar-refractivity contribution in [3.63, 3.8) is 0 Å². The van der Waals surface area contributed by atoms with Gasteiger partial charge in [-0.15, -0.1) is 0 Å². The second kappa shape index (κ2) is 5.48. The Morgan fingerprint density at radius 3 is 2.75 bits per heavy atom. The monoisotopic (exact) mass is 279 g/mol. The molecular weight excluding hydrogens is 266 g/mol. The van der Waals surface area contributed by atoms with Crippen molar-refractivity contribution in [1.29, 1.82) is 0 Å². The van der Waals surface area contributed by atoms with Crippen LogP contribution >= 0.6 is 0 Å². The molecule has 4 N–H and O–H groups in total. The summed E-state index contributed by atoms with van der Waals surface area (Å²) in [5, 5.41) is 13.7. The van der Waals surface area contributed by atoms with Crippen LogP contribution in [0.15, 0.2) is 10.6 Å². The Balaban J connectivity index is 2.20. The number of nitrogen functional groups attached to an aromatic ring is 1. The highest BCUT2D eigenvalue weighted by Crippen LogP contribution is 2.22. The number of nitrogens with zero attached hydrogens (tertiary/aromatic N) is 4. The molecule has 106 valence electrons. The van der Waals surface area contributed by atoms with Gasteiger partial charge in [0.1, 0.15) is 12.0 Å². The van der Waals surface area contributed by atoms with E-state index in [1.165, 1.54) is 0 Å². The Labute approximate surface area is 113 Å². The first-order valence-electron chi connectivity index (χ1n) is 5.66. The largest absolute Gasteiger partial charge is 0.444 e. The van der Waals surface area contributed by atoms with Gasteiger partial charge in [0.15, 0.2) is 0 Å². The topological polar surface area (TPSA) is 145 Å². The lowest BCUT2D eigenvalue weighted by Crippen LogP contribution is -2.13. The minimum Gasteiger partial charge on any atom is -0.444 e. The third kappa shape index (κ3) is 2.80. The van der Waals surface area contributed by atoms with Gasteiger partial charge in [-0.05, 0) is 13.8 Å². The molecule has 0 atom stereocenters. The zero-order valence-electron chi connectivity index (χ0n) is 10.9. The van der Waals surface area contributed by atoms with E-state index in [0.29, 0.717) is 11.7 Å². The summed E-state index contributed by atoms with van der Waals surface area (Å²) in [6, 6.07) is 0. The quantitative estimate of drug-likeness (QED) is 0.412. The van der Waals surface area contributed by atoms with Crippen LogP contribution in [0.1, 0.15) is 17.3 Å². The minimum absolute atomic E-state index is 0.0338. The highest BCUT2D eigenvalue weighted by Gasteiger charge is 2.17. The fourth-order valence-electron chi connectivity index (χ4n) is 1.48. The summed E-state index contributed by atoms with van der Waals surface area (Å²) in [6.07, 6.45) is 1.07. The molecule has 0 saturated carbocycles. The molecule has 0 radical (unpaired) electrons. The highest BCUT2D eigenvalue weighted by atomic mass is 16.6. The Kier molecular flexibility index (Phi) is 3.75. The van der Waals surface area contributed by atoms with E-state index in [9.17, 15) is 10.1 Å². The molecule has 10 heteroatoms. The van der Waals surface area contributed by atoms with Crippen LogP contribution in [0.5, 0.6) is 0 Å². The summed E-state index contributed by atoms with van der Waals surface area (Å²) in [6.45, 7) is 3.76. The van der Waals surface area contributed by atoms with E-state index in [0.717, 1.165) is 11.9 Å². The molecule has 2 aromatic heterocycles. The highest BCUT2D eigenvalue weighted by molar-refractivity contribution is 5.56. The van der Waals surface area contributed by atoms with Crippen molar-refractivity contribution in [2.24, 2.45) is 5.84 Å². The van der Waals surface area contributed by atoms with Gasteiger partial charge in [0.25, 0.3) is 0 Å². The fraction of sp³-hybridized carbons (Fsp3) is 0.300. The first-order chi connectivity index (χ1) is 9.51. The normalized spacial score (nSPS) is 10.3. The van der Waals surface area contributed by atoms with E-state index in [4.69, 9.17) is 10.3 Å². The number of aromatic nitrogens is 3. The van der Waals surface area contributed by atoms with Crippen LogP contribution in [0, 0.1) is 24.0 Å². The molecule has 0 amide bonds. The van der Waals surface area contributed by atoms with Gasteiger partial charge in [0, 0.05) is 0 Å². The van der Waals surface area contributed by atoms with Crippen LogP contribution in [-0.4, -0.2) is 19.9 Å². The van der Waals surface area contributed by atoms with Gasteiger partial charge in [-0.25, -0.2) is 15.8 Å². The summed E-state index contributed by atoms with van der Waals surface area (Å²) in [5.41, 5.74) is 2.73. The number of nitro groups is 1. The van der Waals surface area contributed by atoms with E-state index in [1.807, 2.05) is 6.92 Å². The van der Waals surface area contributed by atoms with Crippen molar-refractivity contribution in [2.75, 3.05) is 10.7 Å². The van der Waals surface area contributed by atoms with Crippen molar-refractivity contribution in [3.8, 4) is 0 Å². The molecule has 0 aliphatic carbocycles. The molecule has 0 unspecified atom stereocenters. The van der Waals surface area contributed by atoms with Gasteiger partial charge in [-0.1, -0.05) is 0 Å². The number of rotatable bonds is 5. The predicted octanol–water partition coefficient (Wildman–Crippen LogP) is 0.887. The molecular formula is C10H13N7O3. The van der Waals surface area contributed by atoms with Gasteiger partial charge in [0.2, 0.25) is 17.7 Å². The van der Waals surface area contributed by atoms with E-state index >= 15 is 0 Å². The summed E-state index contributed by atoms with van der Waals surface area (Å²) < 4.78 is 5.37. The Bertz CT molecular complexity index is 620. The summed E-state index contributed by atoms with van der Waals surface area (Å²) in [5.74, 6) is 6.38. The number of anilines is 2. The number of nitrogens with one attached hydrogen (secondary N) is 2. The zero-order valence-corrected chi connectivity index (χ0v) is 10.9. The van der Waals surface area contributed by atoms with Gasteiger partial charge < -0.3 is 9.73 Å². The standard InChI is InChI=1S/C10H13N7O3/c1-5-6(2)20-8(14-5)4-12-9-7(17(18)19)3-13-10(15-9)16-11/h3H,4,11H2,1-2H3,(H2,12,13,15,16). The molecule has 0 spiro atoms. The van der Waals surface area contributed by atoms with E-state index in [2.05, 4.69) is 25.7 Å². The smallest absolute Gasteiger partial charge is 0.329 e. The lowest BCUT2D eigenvalue weighted by atomic mass is 10.4. The molecule has 0 fully saturated rings. The van der Waals surface area contributed by atoms with Gasteiger partial charge in [0.05, 0.1) is 17.2 Å². The molecule has 0 aromatic carbocycles. The summed E-state index contributed by atoms with van der Waals surface area (Å²) in [4.78, 5) is 22.0. The number of oxazole rings is 1. The lowest BCUT2D eigenvalue weighted by Gasteiger charge is -2.05. The maximum Gasteiger partial charge on any atom is 0.329 e. The number of nitrogens with two attached hydrogens (primary N) is 1. The van der Waals surface area contributed by atoms with Crippen molar-refractivity contribution >= 4 is 17.5 Å². The Hall–Kier alpha value is -2.75. The Morgan fingerprint density at radius 1 is 1.45 bits per heavy atom. The van der Waals surface area contributed by atoms with Crippen molar-refractivity contribution in [3.05, 3.63) is 33.7 Å². The van der Waals surface area contributed by atoms with Crippen LogP contribution < -0.4 is 16.6 Å². The minimum atomic E-state index is -0.589. The summed E-state index contributed by atoms with van der Waals surface area (Å²) in [7, 11) is 0. The van der Waals surface area contributed by atoms with Crippen LogP contribution in [0.2, 0.25) is 0 Å². The first-order valence-corrected chi connectivity index (χ1v) is 5.66. The van der Waals surface area contributed by atoms with Gasteiger partial charge in [-0.2, -0.15) is 4.98 Å². The first kappa shape index (κ1) is 13.7. The number of hydrogen-bond donors (Lipinski definition) is 3. The van der Waals surface area contributed by atoms with Crippen molar-refractivity contribution < 1.29 is 9.34 Å². The van der Waals surface area contributed by atoms with Crippen LogP contribution in [-0.2, 0) is 6.54 Å². The van der Waals surface area contributed by atoms with E-state index in [-0.39, 0.29) is 24.0 Å². The number of hydrazine groups is 1. The van der Waals surface area contributed by atoms with Crippen molar-refractivity contribution in [1.82, 2.24) is 15.0 Å². The molecule has 2 aromatic rings. The number of hydrogen-bond acceptors (Lipinski definition) is 9. The molecule has 2 rings (SSSR count). The molecule has 0 saturated heterocycles.